The van der Waals surface area contributed by atoms with Crippen molar-refractivity contribution in [1.82, 2.24) is 0 Å². The van der Waals surface area contributed by atoms with Gasteiger partial charge in [0.25, 0.3) is 5.97 Å². The van der Waals surface area contributed by atoms with Crippen LogP contribution in [0.25, 0.3) is 0 Å². The maximum absolute atomic E-state index is 10.6. The zero-order valence-electron chi connectivity index (χ0n) is 7.72. The molecular weight excluding hydrogens is 160 g/mol. The molecule has 1 radical (unpaired) electrons. The van der Waals surface area contributed by atoms with E-state index in [9.17, 15) is 4.79 Å². The number of carbonyl (C=O) groups is 1. The quantitative estimate of drug-likeness (QED) is 0.596. The molecule has 0 rings (SSSR count). The van der Waals surface area contributed by atoms with E-state index in [1.165, 1.54) is 6.92 Å². The van der Waals surface area contributed by atoms with Crippen LogP contribution in [0.15, 0.2) is 0 Å². The number of hydrogen-bond acceptors (Lipinski definition) is 3. The molecule has 0 heterocycles. The van der Waals surface area contributed by atoms with Gasteiger partial charge in [-0.1, -0.05) is 20.8 Å². The maximum Gasteiger partial charge on any atom is 0.465 e. The van der Waals surface area contributed by atoms with Crippen LogP contribution in [0.3, 0.4) is 0 Å². The van der Waals surface area contributed by atoms with Gasteiger partial charge in [-0.05, 0) is 0 Å². The highest BCUT2D eigenvalue weighted by atomic mass is 28.3. The Morgan fingerprint density at radius 1 is 1.36 bits per heavy atom. The van der Waals surface area contributed by atoms with E-state index < -0.39 is 9.28 Å². The molecule has 65 valence electrons. The summed E-state index contributed by atoms with van der Waals surface area (Å²) in [5.41, 5.74) is 0. The van der Waals surface area contributed by atoms with Crippen molar-refractivity contribution in [2.24, 2.45) is 0 Å². The van der Waals surface area contributed by atoms with Crippen molar-refractivity contribution in [1.29, 1.82) is 0 Å². The molecular formula is C7H15O3Si. The molecule has 0 unspecified atom stereocenters. The average Bonchev–Trinajstić information content (AvgIpc) is 1.79. The van der Waals surface area contributed by atoms with Crippen LogP contribution >= 0.6 is 0 Å². The summed E-state index contributed by atoms with van der Waals surface area (Å²) >= 11 is 0. The van der Waals surface area contributed by atoms with E-state index >= 15 is 0 Å². The van der Waals surface area contributed by atoms with Crippen molar-refractivity contribution in [2.75, 3.05) is 7.11 Å². The molecule has 0 aromatic rings. The Kier molecular flexibility index (Phi) is 3.75. The first-order chi connectivity index (χ1) is 4.88. The zero-order valence-corrected chi connectivity index (χ0v) is 8.72. The third-order valence-corrected chi connectivity index (χ3v) is 3.10. The molecule has 3 nitrogen and oxygen atoms in total. The summed E-state index contributed by atoms with van der Waals surface area (Å²) in [7, 11) is 0.123. The highest BCUT2D eigenvalue weighted by Gasteiger charge is 2.33. The molecule has 0 atom stereocenters. The van der Waals surface area contributed by atoms with Crippen LogP contribution in [-0.4, -0.2) is 22.4 Å². The second-order valence-electron chi connectivity index (χ2n) is 3.34. The van der Waals surface area contributed by atoms with Gasteiger partial charge in [0, 0.05) is 19.1 Å². The van der Waals surface area contributed by atoms with Gasteiger partial charge in [0.15, 0.2) is 0 Å². The summed E-state index contributed by atoms with van der Waals surface area (Å²) in [4.78, 5) is 10.6. The predicted molar refractivity (Wildman–Crippen MR) is 44.2 cm³/mol. The summed E-state index contributed by atoms with van der Waals surface area (Å²) in [5.74, 6) is -0.268. The molecule has 0 saturated carbocycles. The fourth-order valence-electron chi connectivity index (χ4n) is 0.631. The fourth-order valence-corrected chi connectivity index (χ4v) is 1.89. The van der Waals surface area contributed by atoms with Crippen LogP contribution in [0.5, 0.6) is 0 Å². The van der Waals surface area contributed by atoms with Crippen molar-refractivity contribution >= 4 is 15.3 Å². The number of carbonyl (C=O) groups excluding carboxylic acids is 1. The van der Waals surface area contributed by atoms with E-state index in [0.717, 1.165) is 0 Å². The molecule has 0 saturated heterocycles. The minimum absolute atomic E-state index is 0.0644. The van der Waals surface area contributed by atoms with E-state index in [2.05, 4.69) is 0 Å². The first kappa shape index (κ1) is 10.6. The second kappa shape index (κ2) is 3.87. The van der Waals surface area contributed by atoms with Crippen LogP contribution < -0.4 is 0 Å². The van der Waals surface area contributed by atoms with Crippen LogP contribution in [0.2, 0.25) is 5.04 Å². The molecule has 0 aliphatic carbocycles. The summed E-state index contributed by atoms with van der Waals surface area (Å²) < 4.78 is 10.1. The van der Waals surface area contributed by atoms with Crippen LogP contribution in [0.4, 0.5) is 0 Å². The molecule has 0 bridgehead atoms. The molecule has 0 aliphatic heterocycles. The lowest BCUT2D eigenvalue weighted by molar-refractivity contribution is -0.133. The summed E-state index contributed by atoms with van der Waals surface area (Å²) in [6.07, 6.45) is 0. The van der Waals surface area contributed by atoms with Crippen molar-refractivity contribution < 1.29 is 13.6 Å². The minimum Gasteiger partial charge on any atom is -0.492 e. The van der Waals surface area contributed by atoms with Gasteiger partial charge in [-0.15, -0.1) is 0 Å². The first-order valence-corrected chi connectivity index (χ1v) is 4.79. The van der Waals surface area contributed by atoms with Crippen molar-refractivity contribution in [3.05, 3.63) is 0 Å². The highest BCUT2D eigenvalue weighted by Crippen LogP contribution is 2.27. The largest absolute Gasteiger partial charge is 0.492 e. The smallest absolute Gasteiger partial charge is 0.465 e. The monoisotopic (exact) mass is 175 g/mol. The van der Waals surface area contributed by atoms with Gasteiger partial charge < -0.3 is 8.85 Å². The minimum atomic E-state index is -1.45. The molecule has 0 aromatic heterocycles. The number of rotatable bonds is 2. The fraction of sp³-hybridized carbons (Fsp3) is 0.857. The van der Waals surface area contributed by atoms with Crippen LogP contribution in [0.1, 0.15) is 27.7 Å². The zero-order chi connectivity index (χ0) is 9.07. The third kappa shape index (κ3) is 4.16. The van der Waals surface area contributed by atoms with Gasteiger partial charge in [0.2, 0.25) is 0 Å². The summed E-state index contributed by atoms with van der Waals surface area (Å²) in [6.45, 7) is 7.38. The van der Waals surface area contributed by atoms with E-state index in [1.54, 1.807) is 7.11 Å². The van der Waals surface area contributed by atoms with Gasteiger partial charge in [-0.2, -0.15) is 0 Å². The second-order valence-corrected chi connectivity index (χ2v) is 6.02. The molecule has 0 fully saturated rings. The van der Waals surface area contributed by atoms with Crippen molar-refractivity contribution in [2.45, 2.75) is 32.7 Å². The average molecular weight is 175 g/mol. The Bertz CT molecular complexity index is 139. The van der Waals surface area contributed by atoms with Gasteiger partial charge >= 0.3 is 9.28 Å². The first-order valence-electron chi connectivity index (χ1n) is 3.47. The van der Waals surface area contributed by atoms with Crippen molar-refractivity contribution in [3.8, 4) is 0 Å². The SMILES string of the molecule is CO[Si](OC(C)=O)C(C)(C)C. The lowest BCUT2D eigenvalue weighted by Gasteiger charge is -2.23. The summed E-state index contributed by atoms with van der Waals surface area (Å²) in [5, 5.41) is -0.0644. The maximum atomic E-state index is 10.6. The molecule has 0 spiro atoms. The van der Waals surface area contributed by atoms with Gasteiger partial charge in [0.05, 0.1) is 0 Å². The predicted octanol–water partition coefficient (Wildman–Crippen LogP) is 1.48. The van der Waals surface area contributed by atoms with Crippen LogP contribution in [-0.2, 0) is 13.6 Å². The number of hydrogen-bond donors (Lipinski definition) is 0. The molecule has 11 heavy (non-hydrogen) atoms. The lowest BCUT2D eigenvalue weighted by atomic mass is 10.3. The molecule has 4 heteroatoms. The molecule has 0 aliphatic rings. The molecule has 0 N–H and O–H groups in total. The lowest BCUT2D eigenvalue weighted by Crippen LogP contribution is -2.33. The van der Waals surface area contributed by atoms with Gasteiger partial charge in [-0.3, -0.25) is 4.79 Å². The van der Waals surface area contributed by atoms with E-state index in [-0.39, 0.29) is 11.0 Å². The Morgan fingerprint density at radius 3 is 1.91 bits per heavy atom. The van der Waals surface area contributed by atoms with Gasteiger partial charge in [0.1, 0.15) is 0 Å². The topological polar surface area (TPSA) is 35.5 Å². The Morgan fingerprint density at radius 2 is 1.82 bits per heavy atom. The van der Waals surface area contributed by atoms with Gasteiger partial charge in [-0.25, -0.2) is 0 Å². The highest BCUT2D eigenvalue weighted by molar-refractivity contribution is 6.50. The van der Waals surface area contributed by atoms with E-state index in [4.69, 9.17) is 8.85 Å². The Hall–Kier alpha value is -0.353. The summed E-state index contributed by atoms with van der Waals surface area (Å²) in [6, 6.07) is 0. The normalized spacial score (nSPS) is 11.8. The Labute approximate surface area is 69.5 Å². The van der Waals surface area contributed by atoms with E-state index in [0.29, 0.717) is 0 Å². The Balaban J connectivity index is 4.07. The molecule has 0 amide bonds. The third-order valence-electron chi connectivity index (χ3n) is 1.03. The molecule has 0 aromatic carbocycles. The van der Waals surface area contributed by atoms with Crippen LogP contribution in [0, 0.1) is 0 Å². The van der Waals surface area contributed by atoms with E-state index in [1.807, 2.05) is 20.8 Å². The van der Waals surface area contributed by atoms with Crippen molar-refractivity contribution in [3.63, 3.8) is 0 Å². The standard InChI is InChI=1S/C7H15O3Si/c1-6(8)10-11(9-5)7(2,3)4/h1-5H3.